The molecule has 0 radical (unpaired) electrons. The number of hydrogen-bond donors (Lipinski definition) is 1. The Morgan fingerprint density at radius 2 is 1.96 bits per heavy atom. The van der Waals surface area contributed by atoms with Gasteiger partial charge in [0.15, 0.2) is 0 Å². The smallest absolute Gasteiger partial charge is 0.213 e. The zero-order chi connectivity index (χ0) is 19.4. The van der Waals surface area contributed by atoms with Crippen LogP contribution in [0.25, 0.3) is 11.0 Å². The van der Waals surface area contributed by atoms with Crippen molar-refractivity contribution in [1.82, 2.24) is 9.97 Å². The number of fused-ring (bicyclic) bond motifs is 4. The van der Waals surface area contributed by atoms with Gasteiger partial charge >= 0.3 is 0 Å². The van der Waals surface area contributed by atoms with Crippen LogP contribution in [0.4, 0.5) is 4.39 Å². The van der Waals surface area contributed by atoms with Gasteiger partial charge in [-0.1, -0.05) is 6.92 Å². The van der Waals surface area contributed by atoms with Crippen LogP contribution >= 0.6 is 0 Å². The summed E-state index contributed by atoms with van der Waals surface area (Å²) in [7, 11) is 0. The van der Waals surface area contributed by atoms with Gasteiger partial charge < -0.3 is 15.2 Å². The maximum absolute atomic E-state index is 14.7. The Labute approximate surface area is 164 Å². The van der Waals surface area contributed by atoms with Crippen LogP contribution in [0.15, 0.2) is 18.3 Å². The Hall–Kier alpha value is -1.79. The number of pyridine rings is 2. The number of rotatable bonds is 6. The van der Waals surface area contributed by atoms with E-state index in [1.54, 1.807) is 0 Å². The highest BCUT2D eigenvalue weighted by Gasteiger charge is 2.47. The van der Waals surface area contributed by atoms with Crippen LogP contribution in [0, 0.1) is 11.2 Å². The topological polar surface area (TPSA) is 70.3 Å². The Morgan fingerprint density at radius 1 is 1.18 bits per heavy atom. The largest absolute Gasteiger partial charge is 0.477 e. The molecule has 6 heteroatoms. The van der Waals surface area contributed by atoms with Gasteiger partial charge in [0.05, 0.1) is 36.0 Å². The molecule has 28 heavy (non-hydrogen) atoms. The zero-order valence-electron chi connectivity index (χ0n) is 16.5. The van der Waals surface area contributed by atoms with Crippen molar-refractivity contribution in [2.24, 2.45) is 11.1 Å². The summed E-state index contributed by atoms with van der Waals surface area (Å²) < 4.78 is 26.7. The lowest BCUT2D eigenvalue weighted by Crippen LogP contribution is -2.59. The molecule has 2 aliphatic heterocycles. The first-order chi connectivity index (χ1) is 13.4. The summed E-state index contributed by atoms with van der Waals surface area (Å²) in [6.45, 7) is 3.48. The molecule has 0 amide bonds. The summed E-state index contributed by atoms with van der Waals surface area (Å²) in [5.41, 5.74) is 8.20. The summed E-state index contributed by atoms with van der Waals surface area (Å²) in [6.07, 6.45) is 8.92. The van der Waals surface area contributed by atoms with Crippen molar-refractivity contribution in [3.63, 3.8) is 0 Å². The quantitative estimate of drug-likeness (QED) is 0.816. The van der Waals surface area contributed by atoms with Crippen LogP contribution in [0.1, 0.15) is 57.4 Å². The average molecular weight is 385 g/mol. The van der Waals surface area contributed by atoms with E-state index in [9.17, 15) is 4.39 Å². The third-order valence-electron chi connectivity index (χ3n) is 7.07. The van der Waals surface area contributed by atoms with Crippen molar-refractivity contribution in [2.75, 3.05) is 13.2 Å². The second-order valence-electron chi connectivity index (χ2n) is 9.54. The van der Waals surface area contributed by atoms with Gasteiger partial charge in [0.1, 0.15) is 5.82 Å². The van der Waals surface area contributed by atoms with Crippen molar-refractivity contribution in [3.8, 4) is 5.88 Å². The Kier molecular flexibility index (Phi) is 4.14. The second-order valence-corrected chi connectivity index (χ2v) is 9.54. The summed E-state index contributed by atoms with van der Waals surface area (Å²) in [5, 5.41) is 0. The second kappa shape index (κ2) is 6.36. The number of nitrogens with zero attached hydrogens (tertiary/aromatic N) is 2. The van der Waals surface area contributed by atoms with Crippen LogP contribution in [0.2, 0.25) is 0 Å². The number of halogens is 1. The van der Waals surface area contributed by atoms with E-state index in [0.717, 1.165) is 32.1 Å². The van der Waals surface area contributed by atoms with E-state index in [1.807, 2.05) is 12.1 Å². The predicted molar refractivity (Wildman–Crippen MR) is 105 cm³/mol. The SMILES string of the molecule is CC1(COc2ccc3ncc(F)c(CCC45CCC(N)(CC4)CO5)c3n2)CC1. The van der Waals surface area contributed by atoms with Crippen molar-refractivity contribution < 1.29 is 13.9 Å². The molecular weight excluding hydrogens is 357 g/mol. The van der Waals surface area contributed by atoms with E-state index >= 15 is 0 Å². The van der Waals surface area contributed by atoms with Gasteiger partial charge in [-0.3, -0.25) is 4.98 Å². The van der Waals surface area contributed by atoms with Gasteiger partial charge in [-0.15, -0.1) is 0 Å². The Bertz CT molecular complexity index is 888. The molecule has 2 N–H and O–H groups in total. The summed E-state index contributed by atoms with van der Waals surface area (Å²) in [5.74, 6) is 0.245. The Morgan fingerprint density at radius 3 is 2.64 bits per heavy atom. The van der Waals surface area contributed by atoms with Gasteiger partial charge in [-0.25, -0.2) is 9.37 Å². The minimum atomic E-state index is -0.303. The van der Waals surface area contributed by atoms with Crippen LogP contribution in [0.5, 0.6) is 5.88 Å². The first-order valence-corrected chi connectivity index (χ1v) is 10.4. The molecule has 4 aliphatic rings. The molecule has 5 nitrogen and oxygen atoms in total. The van der Waals surface area contributed by atoms with Crippen LogP contribution < -0.4 is 10.5 Å². The van der Waals surface area contributed by atoms with E-state index in [1.165, 1.54) is 19.0 Å². The summed E-state index contributed by atoms with van der Waals surface area (Å²) >= 11 is 0. The predicted octanol–water partition coefficient (Wildman–Crippen LogP) is 3.92. The van der Waals surface area contributed by atoms with Gasteiger partial charge in [0.25, 0.3) is 0 Å². The fraction of sp³-hybridized carbons (Fsp3) is 0.636. The first-order valence-electron chi connectivity index (χ1n) is 10.4. The van der Waals surface area contributed by atoms with E-state index < -0.39 is 0 Å². The monoisotopic (exact) mass is 385 g/mol. The van der Waals surface area contributed by atoms with Crippen molar-refractivity contribution in [2.45, 2.75) is 69.4 Å². The molecule has 0 unspecified atom stereocenters. The fourth-order valence-electron chi connectivity index (χ4n) is 4.47. The number of hydrogen-bond acceptors (Lipinski definition) is 5. The third-order valence-corrected chi connectivity index (χ3v) is 7.07. The maximum atomic E-state index is 14.7. The molecule has 4 fully saturated rings. The van der Waals surface area contributed by atoms with Gasteiger partial charge in [-0.05, 0) is 57.4 Å². The van der Waals surface area contributed by atoms with Gasteiger partial charge in [0.2, 0.25) is 5.88 Å². The lowest BCUT2D eigenvalue weighted by molar-refractivity contribution is -0.156. The third kappa shape index (κ3) is 3.37. The van der Waals surface area contributed by atoms with Crippen LogP contribution in [-0.4, -0.2) is 34.3 Å². The molecule has 2 saturated carbocycles. The standard InChI is InChI=1S/C22H28FN3O2/c1-20(6-7-20)13-27-18-3-2-17-19(26-18)15(16(23)12-25-17)4-5-22-10-8-21(24,9-11-22)14-28-22/h2-3,12H,4-11,13-14,24H2,1H3. The molecule has 0 spiro atoms. The van der Waals surface area contributed by atoms with E-state index in [4.69, 9.17) is 15.2 Å². The normalized spacial score (nSPS) is 30.5. The molecule has 0 aromatic carbocycles. The van der Waals surface area contributed by atoms with Gasteiger partial charge in [-0.2, -0.15) is 0 Å². The number of ether oxygens (including phenoxy) is 2. The van der Waals surface area contributed by atoms with Gasteiger partial charge in [0, 0.05) is 22.6 Å². The molecule has 2 saturated heterocycles. The van der Waals surface area contributed by atoms with Crippen molar-refractivity contribution >= 4 is 11.0 Å². The fourth-order valence-corrected chi connectivity index (χ4v) is 4.47. The summed E-state index contributed by atoms with van der Waals surface area (Å²) in [6, 6.07) is 3.70. The van der Waals surface area contributed by atoms with Crippen molar-refractivity contribution in [3.05, 3.63) is 29.7 Å². The molecule has 2 bridgehead atoms. The average Bonchev–Trinajstić information content (AvgIpc) is 3.44. The molecule has 6 rings (SSSR count). The number of aryl methyl sites for hydroxylation is 1. The van der Waals surface area contributed by atoms with Crippen LogP contribution in [0.3, 0.4) is 0 Å². The van der Waals surface area contributed by atoms with E-state index in [-0.39, 0.29) is 22.4 Å². The highest BCUT2D eigenvalue weighted by molar-refractivity contribution is 5.78. The molecule has 0 atom stereocenters. The molecule has 2 aromatic heterocycles. The highest BCUT2D eigenvalue weighted by Crippen LogP contribution is 2.46. The lowest BCUT2D eigenvalue weighted by atomic mass is 9.70. The van der Waals surface area contributed by atoms with Crippen LogP contribution in [-0.2, 0) is 11.2 Å². The van der Waals surface area contributed by atoms with E-state index in [0.29, 0.717) is 42.1 Å². The summed E-state index contributed by atoms with van der Waals surface area (Å²) in [4.78, 5) is 8.83. The zero-order valence-corrected chi connectivity index (χ0v) is 16.5. The first kappa shape index (κ1) is 18.3. The molecular formula is C22H28FN3O2. The van der Waals surface area contributed by atoms with E-state index in [2.05, 4.69) is 16.9 Å². The molecule has 2 aromatic rings. The number of aromatic nitrogens is 2. The Balaban J connectivity index is 1.37. The molecule has 2 aliphatic carbocycles. The molecule has 150 valence electrons. The minimum Gasteiger partial charge on any atom is -0.477 e. The highest BCUT2D eigenvalue weighted by atomic mass is 19.1. The minimum absolute atomic E-state index is 0.150. The van der Waals surface area contributed by atoms with Crippen molar-refractivity contribution in [1.29, 1.82) is 0 Å². The number of nitrogens with two attached hydrogens (primary N) is 1. The molecule has 4 heterocycles. The lowest BCUT2D eigenvalue weighted by Gasteiger charge is -2.51. The maximum Gasteiger partial charge on any atom is 0.213 e.